The zero-order valence-corrected chi connectivity index (χ0v) is 12.6. The van der Waals surface area contributed by atoms with Crippen LogP contribution in [0.3, 0.4) is 0 Å². The van der Waals surface area contributed by atoms with E-state index in [4.69, 9.17) is 14.6 Å². The van der Waals surface area contributed by atoms with Crippen LogP contribution in [0.2, 0.25) is 0 Å². The zero-order valence-electron chi connectivity index (χ0n) is 11.8. The van der Waals surface area contributed by atoms with Crippen molar-refractivity contribution in [3.8, 4) is 11.5 Å². The van der Waals surface area contributed by atoms with Crippen molar-refractivity contribution in [2.24, 2.45) is 0 Å². The highest BCUT2D eigenvalue weighted by Gasteiger charge is 2.09. The molecule has 0 fully saturated rings. The summed E-state index contributed by atoms with van der Waals surface area (Å²) in [4.78, 5) is 12.1. The average molecular weight is 304 g/mol. The van der Waals surface area contributed by atoms with Gasteiger partial charge in [-0.1, -0.05) is 0 Å². The third-order valence-electron chi connectivity index (χ3n) is 2.98. The minimum Gasteiger partial charge on any atom is -0.497 e. The molecule has 0 saturated carbocycles. The summed E-state index contributed by atoms with van der Waals surface area (Å²) in [6.45, 7) is 0. The maximum absolute atomic E-state index is 11.0. The number of aromatic carboxylic acids is 1. The first-order chi connectivity index (χ1) is 10.1. The van der Waals surface area contributed by atoms with Crippen molar-refractivity contribution in [3.05, 3.63) is 53.6 Å². The van der Waals surface area contributed by atoms with Crippen molar-refractivity contribution in [1.82, 2.24) is 0 Å². The zero-order chi connectivity index (χ0) is 15.2. The van der Waals surface area contributed by atoms with E-state index in [0.717, 1.165) is 16.2 Å². The topological polar surface area (TPSA) is 55.8 Å². The van der Waals surface area contributed by atoms with Crippen LogP contribution in [-0.4, -0.2) is 25.3 Å². The third-order valence-corrected chi connectivity index (χ3v) is 4.04. The Labute approximate surface area is 127 Å². The van der Waals surface area contributed by atoms with Crippen LogP contribution in [0.5, 0.6) is 11.5 Å². The number of hydrogen-bond acceptors (Lipinski definition) is 4. The lowest BCUT2D eigenvalue weighted by molar-refractivity contribution is 0.0696. The summed E-state index contributed by atoms with van der Waals surface area (Å²) in [5.74, 6) is 1.20. The average Bonchev–Trinajstić information content (AvgIpc) is 2.53. The maximum Gasteiger partial charge on any atom is 0.335 e. The molecule has 2 aromatic rings. The van der Waals surface area contributed by atoms with E-state index in [9.17, 15) is 4.79 Å². The molecule has 0 radical (unpaired) electrons. The van der Waals surface area contributed by atoms with Crippen molar-refractivity contribution in [3.63, 3.8) is 0 Å². The van der Waals surface area contributed by atoms with Crippen LogP contribution in [-0.2, 0) is 5.75 Å². The Bertz CT molecular complexity index is 623. The Morgan fingerprint density at radius 2 is 1.81 bits per heavy atom. The second kappa shape index (κ2) is 7.04. The molecular formula is C16H16O4S. The second-order valence-electron chi connectivity index (χ2n) is 4.30. The van der Waals surface area contributed by atoms with Gasteiger partial charge in [-0.25, -0.2) is 4.79 Å². The smallest absolute Gasteiger partial charge is 0.335 e. The molecule has 0 aliphatic heterocycles. The largest absolute Gasteiger partial charge is 0.497 e. The molecule has 1 N–H and O–H groups in total. The summed E-state index contributed by atoms with van der Waals surface area (Å²) in [7, 11) is 3.21. The van der Waals surface area contributed by atoms with E-state index >= 15 is 0 Å². The molecule has 0 spiro atoms. The Morgan fingerprint density at radius 1 is 1.10 bits per heavy atom. The van der Waals surface area contributed by atoms with Crippen molar-refractivity contribution in [2.45, 2.75) is 10.6 Å². The number of hydrogen-bond donors (Lipinski definition) is 1. The monoisotopic (exact) mass is 304 g/mol. The van der Waals surface area contributed by atoms with E-state index in [1.165, 1.54) is 0 Å². The molecule has 0 aliphatic carbocycles. The molecule has 110 valence electrons. The fraction of sp³-hybridized carbons (Fsp3) is 0.188. The highest BCUT2D eigenvalue weighted by atomic mass is 32.2. The molecule has 0 aromatic heterocycles. The summed E-state index contributed by atoms with van der Waals surface area (Å²) in [6, 6.07) is 12.6. The fourth-order valence-electron chi connectivity index (χ4n) is 1.86. The van der Waals surface area contributed by atoms with Gasteiger partial charge in [0.25, 0.3) is 0 Å². The first-order valence-electron chi connectivity index (χ1n) is 6.31. The first-order valence-corrected chi connectivity index (χ1v) is 7.29. The standard InChI is InChI=1S/C16H16O4S/c1-19-13-4-6-14(7-5-13)21-10-12-9-11(16(17)18)3-8-15(12)20-2/h3-9H,10H2,1-2H3,(H,17,18). The Kier molecular flexibility index (Phi) is 5.11. The Balaban J connectivity index is 2.13. The minimum atomic E-state index is -0.937. The van der Waals surface area contributed by atoms with Gasteiger partial charge in [-0.3, -0.25) is 0 Å². The van der Waals surface area contributed by atoms with Crippen LogP contribution in [0.1, 0.15) is 15.9 Å². The van der Waals surface area contributed by atoms with E-state index in [-0.39, 0.29) is 5.56 Å². The maximum atomic E-state index is 11.0. The van der Waals surface area contributed by atoms with Gasteiger partial charge in [-0.15, -0.1) is 11.8 Å². The minimum absolute atomic E-state index is 0.265. The van der Waals surface area contributed by atoms with Crippen LogP contribution in [0, 0.1) is 0 Å². The highest BCUT2D eigenvalue weighted by Crippen LogP contribution is 2.29. The lowest BCUT2D eigenvalue weighted by Gasteiger charge is -2.09. The number of carbonyl (C=O) groups is 1. The number of rotatable bonds is 6. The molecule has 4 nitrogen and oxygen atoms in total. The van der Waals surface area contributed by atoms with Gasteiger partial charge in [-0.2, -0.15) is 0 Å². The van der Waals surface area contributed by atoms with Crippen LogP contribution in [0.25, 0.3) is 0 Å². The molecule has 0 amide bonds. The molecule has 2 rings (SSSR count). The van der Waals surface area contributed by atoms with Crippen molar-refractivity contribution >= 4 is 17.7 Å². The van der Waals surface area contributed by atoms with Gasteiger partial charge in [0.2, 0.25) is 0 Å². The quantitative estimate of drug-likeness (QED) is 0.825. The molecule has 0 unspecified atom stereocenters. The third kappa shape index (κ3) is 3.92. The molecular weight excluding hydrogens is 288 g/mol. The van der Waals surface area contributed by atoms with E-state index < -0.39 is 5.97 Å². The lowest BCUT2D eigenvalue weighted by atomic mass is 10.1. The lowest BCUT2D eigenvalue weighted by Crippen LogP contribution is -1.99. The highest BCUT2D eigenvalue weighted by molar-refractivity contribution is 7.98. The number of methoxy groups -OCH3 is 2. The van der Waals surface area contributed by atoms with Gasteiger partial charge in [-0.05, 0) is 42.5 Å². The molecule has 0 bridgehead atoms. The molecule has 0 aliphatic rings. The molecule has 0 heterocycles. The number of carboxylic acids is 1. The first kappa shape index (κ1) is 15.3. The van der Waals surface area contributed by atoms with Gasteiger partial charge in [0.05, 0.1) is 19.8 Å². The summed E-state index contributed by atoms with van der Waals surface area (Å²) in [5, 5.41) is 9.05. The molecule has 0 atom stereocenters. The van der Waals surface area contributed by atoms with E-state index in [0.29, 0.717) is 11.5 Å². The SMILES string of the molecule is COc1ccc(SCc2cc(C(=O)O)ccc2OC)cc1. The normalized spacial score (nSPS) is 10.2. The van der Waals surface area contributed by atoms with Gasteiger partial charge >= 0.3 is 5.97 Å². The summed E-state index contributed by atoms with van der Waals surface area (Å²) in [5.41, 5.74) is 1.12. The molecule has 21 heavy (non-hydrogen) atoms. The second-order valence-corrected chi connectivity index (χ2v) is 5.34. The van der Waals surface area contributed by atoms with Crippen molar-refractivity contribution in [1.29, 1.82) is 0 Å². The van der Waals surface area contributed by atoms with Crippen LogP contribution in [0.4, 0.5) is 0 Å². The van der Waals surface area contributed by atoms with Gasteiger partial charge < -0.3 is 14.6 Å². The number of thioether (sulfide) groups is 1. The number of carboxylic acid groups (broad SMARTS) is 1. The van der Waals surface area contributed by atoms with E-state index in [1.807, 2.05) is 24.3 Å². The summed E-state index contributed by atoms with van der Waals surface area (Å²) >= 11 is 1.61. The fourth-order valence-corrected chi connectivity index (χ4v) is 2.73. The van der Waals surface area contributed by atoms with Crippen molar-refractivity contribution < 1.29 is 19.4 Å². The number of benzene rings is 2. The predicted molar refractivity (Wildman–Crippen MR) is 82.5 cm³/mol. The molecule has 2 aromatic carbocycles. The summed E-state index contributed by atoms with van der Waals surface area (Å²) in [6.07, 6.45) is 0. The van der Waals surface area contributed by atoms with Gasteiger partial charge in [0.15, 0.2) is 0 Å². The van der Waals surface area contributed by atoms with Crippen LogP contribution < -0.4 is 9.47 Å². The van der Waals surface area contributed by atoms with Gasteiger partial charge in [0.1, 0.15) is 11.5 Å². The van der Waals surface area contributed by atoms with Gasteiger partial charge in [0, 0.05) is 16.2 Å². The molecule has 0 saturated heterocycles. The molecule has 5 heteroatoms. The van der Waals surface area contributed by atoms with Crippen LogP contribution >= 0.6 is 11.8 Å². The van der Waals surface area contributed by atoms with Crippen molar-refractivity contribution in [2.75, 3.05) is 14.2 Å². The Hall–Kier alpha value is -2.14. The Morgan fingerprint density at radius 3 is 2.38 bits per heavy atom. The van der Waals surface area contributed by atoms with E-state index in [2.05, 4.69) is 0 Å². The summed E-state index contributed by atoms with van der Waals surface area (Å²) < 4.78 is 10.4. The number of ether oxygens (including phenoxy) is 2. The van der Waals surface area contributed by atoms with Crippen LogP contribution in [0.15, 0.2) is 47.4 Å². The van der Waals surface area contributed by atoms with E-state index in [1.54, 1.807) is 44.2 Å². The predicted octanol–water partition coefficient (Wildman–Crippen LogP) is 3.69.